The van der Waals surface area contributed by atoms with Crippen molar-refractivity contribution in [3.05, 3.63) is 36.0 Å². The van der Waals surface area contributed by atoms with E-state index in [2.05, 4.69) is 29.6 Å². The fraction of sp³-hybridized carbons (Fsp3) is 0.312. The summed E-state index contributed by atoms with van der Waals surface area (Å²) in [6, 6.07) is 7.11. The fourth-order valence-corrected chi connectivity index (χ4v) is 3.13. The molecule has 0 spiro atoms. The number of carbonyl (C=O) groups is 2. The van der Waals surface area contributed by atoms with Gasteiger partial charge in [0.25, 0.3) is 5.91 Å². The molecular formula is C16H18N4O2S. The number of fused-ring (bicyclic) bond motifs is 1. The molecule has 0 aliphatic carbocycles. The molecule has 0 saturated heterocycles. The zero-order valence-electron chi connectivity index (χ0n) is 13.0. The van der Waals surface area contributed by atoms with Gasteiger partial charge in [0, 0.05) is 23.1 Å². The number of aromatic nitrogens is 2. The van der Waals surface area contributed by atoms with Crippen molar-refractivity contribution < 1.29 is 9.59 Å². The van der Waals surface area contributed by atoms with E-state index in [9.17, 15) is 9.59 Å². The van der Waals surface area contributed by atoms with Gasteiger partial charge in [0.05, 0.1) is 17.6 Å². The van der Waals surface area contributed by atoms with Gasteiger partial charge >= 0.3 is 0 Å². The Kier molecular flexibility index (Phi) is 4.38. The van der Waals surface area contributed by atoms with Gasteiger partial charge < -0.3 is 10.6 Å². The van der Waals surface area contributed by atoms with Crippen LogP contribution in [-0.2, 0) is 11.3 Å². The van der Waals surface area contributed by atoms with Crippen molar-refractivity contribution in [3.63, 3.8) is 0 Å². The number of carbonyl (C=O) groups excluding carboxylic acids is 2. The van der Waals surface area contributed by atoms with Crippen LogP contribution >= 0.6 is 11.8 Å². The van der Waals surface area contributed by atoms with Gasteiger partial charge in [-0.25, -0.2) is 4.68 Å². The highest BCUT2D eigenvalue weighted by atomic mass is 32.2. The lowest BCUT2D eigenvalue weighted by molar-refractivity contribution is -0.113. The van der Waals surface area contributed by atoms with E-state index in [1.54, 1.807) is 29.1 Å². The minimum atomic E-state index is -0.219. The van der Waals surface area contributed by atoms with Crippen LogP contribution in [0.5, 0.6) is 0 Å². The standard InChI is InChI=1S/C16H18N4O2S/c1-10(2)8-20-14(5-6-17-20)19-16(22)11-3-4-13-12(7-11)18-15(21)9-23-13/h3-7,10H,8-9H2,1-2H3,(H,18,21)(H,19,22). The Balaban J connectivity index is 1.78. The Morgan fingerprint density at radius 2 is 2.26 bits per heavy atom. The predicted molar refractivity (Wildman–Crippen MR) is 90.8 cm³/mol. The Morgan fingerprint density at radius 3 is 3.04 bits per heavy atom. The number of amides is 2. The maximum Gasteiger partial charge on any atom is 0.256 e. The number of rotatable bonds is 4. The first-order chi connectivity index (χ1) is 11.0. The molecule has 120 valence electrons. The number of hydrogen-bond acceptors (Lipinski definition) is 4. The molecule has 0 radical (unpaired) electrons. The van der Waals surface area contributed by atoms with E-state index in [4.69, 9.17) is 0 Å². The largest absolute Gasteiger partial charge is 0.324 e. The van der Waals surface area contributed by atoms with Gasteiger partial charge in [-0.2, -0.15) is 5.10 Å². The molecule has 0 atom stereocenters. The Hall–Kier alpha value is -2.28. The van der Waals surface area contributed by atoms with Crippen molar-refractivity contribution in [2.45, 2.75) is 25.3 Å². The van der Waals surface area contributed by atoms with Crippen molar-refractivity contribution >= 4 is 35.1 Å². The van der Waals surface area contributed by atoms with E-state index in [0.29, 0.717) is 28.7 Å². The minimum absolute atomic E-state index is 0.0462. The molecule has 6 nitrogen and oxygen atoms in total. The molecule has 2 aromatic rings. The lowest BCUT2D eigenvalue weighted by Gasteiger charge is -2.17. The molecule has 0 fully saturated rings. The van der Waals surface area contributed by atoms with Gasteiger partial charge in [-0.1, -0.05) is 13.8 Å². The molecule has 23 heavy (non-hydrogen) atoms. The SMILES string of the molecule is CC(C)Cn1nccc1NC(=O)c1ccc2c(c1)NC(=O)CS2. The second-order valence-corrected chi connectivity index (χ2v) is 6.81. The minimum Gasteiger partial charge on any atom is -0.324 e. The average molecular weight is 330 g/mol. The van der Waals surface area contributed by atoms with Crippen LogP contribution < -0.4 is 10.6 Å². The molecule has 2 N–H and O–H groups in total. The summed E-state index contributed by atoms with van der Waals surface area (Å²) in [6.45, 7) is 4.92. The average Bonchev–Trinajstić information content (AvgIpc) is 2.92. The Morgan fingerprint density at radius 1 is 1.43 bits per heavy atom. The maximum atomic E-state index is 12.4. The predicted octanol–water partition coefficient (Wildman–Crippen LogP) is 2.84. The lowest BCUT2D eigenvalue weighted by Crippen LogP contribution is -2.20. The molecule has 1 aliphatic rings. The van der Waals surface area contributed by atoms with E-state index in [0.717, 1.165) is 11.4 Å². The van der Waals surface area contributed by atoms with Crippen LogP contribution in [-0.4, -0.2) is 27.3 Å². The smallest absolute Gasteiger partial charge is 0.256 e. The number of nitrogens with one attached hydrogen (secondary N) is 2. The number of anilines is 2. The van der Waals surface area contributed by atoms with Crippen molar-refractivity contribution in [2.75, 3.05) is 16.4 Å². The number of benzene rings is 1. The topological polar surface area (TPSA) is 76.0 Å². The molecule has 0 unspecified atom stereocenters. The molecule has 1 aliphatic heterocycles. The summed E-state index contributed by atoms with van der Waals surface area (Å²) in [6.07, 6.45) is 1.67. The van der Waals surface area contributed by atoms with Crippen LogP contribution in [0, 0.1) is 5.92 Å². The van der Waals surface area contributed by atoms with Crippen LogP contribution in [0.2, 0.25) is 0 Å². The summed E-state index contributed by atoms with van der Waals surface area (Å²) in [5.41, 5.74) is 1.19. The highest BCUT2D eigenvalue weighted by molar-refractivity contribution is 8.00. The van der Waals surface area contributed by atoms with Crippen molar-refractivity contribution in [2.24, 2.45) is 5.92 Å². The Labute approximate surface area is 138 Å². The van der Waals surface area contributed by atoms with Crippen LogP contribution in [0.1, 0.15) is 24.2 Å². The van der Waals surface area contributed by atoms with Gasteiger partial charge in [-0.15, -0.1) is 11.8 Å². The van der Waals surface area contributed by atoms with Gasteiger partial charge in [0.15, 0.2) is 0 Å². The molecule has 0 bridgehead atoms. The third kappa shape index (κ3) is 3.56. The first-order valence-electron chi connectivity index (χ1n) is 7.43. The molecule has 2 heterocycles. The van der Waals surface area contributed by atoms with Crippen molar-refractivity contribution in [1.29, 1.82) is 0 Å². The van der Waals surface area contributed by atoms with Gasteiger partial charge in [0.1, 0.15) is 5.82 Å². The van der Waals surface area contributed by atoms with Crippen LogP contribution in [0.25, 0.3) is 0 Å². The zero-order valence-corrected chi connectivity index (χ0v) is 13.8. The lowest BCUT2D eigenvalue weighted by atomic mass is 10.2. The summed E-state index contributed by atoms with van der Waals surface area (Å²) in [7, 11) is 0. The highest BCUT2D eigenvalue weighted by Crippen LogP contribution is 2.32. The van der Waals surface area contributed by atoms with E-state index in [-0.39, 0.29) is 11.8 Å². The first-order valence-corrected chi connectivity index (χ1v) is 8.41. The van der Waals surface area contributed by atoms with Crippen LogP contribution in [0.15, 0.2) is 35.4 Å². The van der Waals surface area contributed by atoms with Crippen molar-refractivity contribution in [3.8, 4) is 0 Å². The molecule has 1 aromatic heterocycles. The summed E-state index contributed by atoms with van der Waals surface area (Å²) in [4.78, 5) is 24.9. The first kappa shape index (κ1) is 15.6. The summed E-state index contributed by atoms with van der Waals surface area (Å²) >= 11 is 1.47. The monoisotopic (exact) mass is 330 g/mol. The van der Waals surface area contributed by atoms with Crippen molar-refractivity contribution in [1.82, 2.24) is 9.78 Å². The summed E-state index contributed by atoms with van der Waals surface area (Å²) in [5, 5.41) is 9.89. The highest BCUT2D eigenvalue weighted by Gasteiger charge is 2.18. The summed E-state index contributed by atoms with van der Waals surface area (Å²) < 4.78 is 1.78. The zero-order chi connectivity index (χ0) is 16.4. The molecular weight excluding hydrogens is 312 g/mol. The van der Waals surface area contributed by atoms with Crippen LogP contribution in [0.4, 0.5) is 11.5 Å². The number of thioether (sulfide) groups is 1. The summed E-state index contributed by atoms with van der Waals surface area (Å²) in [5.74, 6) is 1.24. The van der Waals surface area contributed by atoms with E-state index < -0.39 is 0 Å². The van der Waals surface area contributed by atoms with Gasteiger partial charge in [-0.05, 0) is 24.1 Å². The normalized spacial score (nSPS) is 13.6. The van der Waals surface area contributed by atoms with E-state index in [1.807, 2.05) is 6.07 Å². The quantitative estimate of drug-likeness (QED) is 0.904. The van der Waals surface area contributed by atoms with Gasteiger partial charge in [0.2, 0.25) is 5.91 Å². The molecule has 2 amide bonds. The third-order valence-corrected chi connectivity index (χ3v) is 4.44. The molecule has 0 saturated carbocycles. The molecule has 1 aromatic carbocycles. The van der Waals surface area contributed by atoms with Crippen LogP contribution in [0.3, 0.4) is 0 Å². The Bertz CT molecular complexity index is 754. The molecule has 7 heteroatoms. The maximum absolute atomic E-state index is 12.4. The molecule has 3 rings (SSSR count). The fourth-order valence-electron chi connectivity index (χ4n) is 2.34. The second-order valence-electron chi connectivity index (χ2n) is 5.79. The van der Waals surface area contributed by atoms with E-state index >= 15 is 0 Å². The second kappa shape index (κ2) is 6.45. The third-order valence-electron chi connectivity index (χ3n) is 3.37. The van der Waals surface area contributed by atoms with E-state index in [1.165, 1.54) is 11.8 Å². The number of nitrogens with zero attached hydrogens (tertiary/aromatic N) is 2. The number of hydrogen-bond donors (Lipinski definition) is 2. The van der Waals surface area contributed by atoms with Gasteiger partial charge in [-0.3, -0.25) is 9.59 Å².